The van der Waals surface area contributed by atoms with E-state index < -0.39 is 5.97 Å². The molecule has 0 atom stereocenters. The van der Waals surface area contributed by atoms with Crippen LogP contribution in [-0.2, 0) is 4.79 Å². The largest absolute Gasteiger partial charge is 0.481 e. The number of hydrogen-bond acceptors (Lipinski definition) is 4. The maximum atomic E-state index is 10.6. The highest BCUT2D eigenvalue weighted by Crippen LogP contribution is 2.25. The zero-order valence-corrected chi connectivity index (χ0v) is 7.77. The molecule has 1 rings (SSSR count). The van der Waals surface area contributed by atoms with E-state index in [1.807, 2.05) is 0 Å². The van der Waals surface area contributed by atoms with Crippen LogP contribution in [0.2, 0.25) is 0 Å². The summed E-state index contributed by atoms with van der Waals surface area (Å²) in [5, 5.41) is 17.2. The summed E-state index contributed by atoms with van der Waals surface area (Å²) in [5.74, 6) is -1.22. The Labute approximate surface area is 83.1 Å². The van der Waals surface area contributed by atoms with E-state index in [4.69, 9.17) is 10.3 Å². The average molecular weight is 215 g/mol. The third-order valence-electron chi connectivity index (χ3n) is 1.29. The third kappa shape index (κ3) is 2.70. The Kier molecular flexibility index (Phi) is 3.41. The van der Waals surface area contributed by atoms with Crippen molar-refractivity contribution in [2.45, 2.75) is 5.03 Å². The van der Waals surface area contributed by atoms with Gasteiger partial charge in [0.1, 0.15) is 0 Å². The summed E-state index contributed by atoms with van der Waals surface area (Å²) in [5.41, 5.74) is -0.0567. The fraction of sp³-hybridized carbons (Fsp3) is 0.143. The molecule has 1 heterocycles. The molecule has 0 unspecified atom stereocenters. The Morgan fingerprint density at radius 2 is 2.36 bits per heavy atom. The molecule has 0 aliphatic carbocycles. The second-order valence-electron chi connectivity index (χ2n) is 2.28. The number of thioether (sulfide) groups is 1. The van der Waals surface area contributed by atoms with Crippen LogP contribution in [0.25, 0.3) is 0 Å². The average Bonchev–Trinajstić information content (AvgIpc) is 2.15. The number of nitrogens with zero attached hydrogens (tertiary/aromatic N) is 2. The van der Waals surface area contributed by atoms with Crippen LogP contribution in [0.3, 0.4) is 0 Å². The van der Waals surface area contributed by atoms with Crippen molar-refractivity contribution in [3.05, 3.63) is 23.2 Å². The zero-order valence-electron chi connectivity index (χ0n) is 6.95. The maximum Gasteiger partial charge on any atom is 0.348 e. The molecule has 0 amide bonds. The van der Waals surface area contributed by atoms with Gasteiger partial charge in [0.15, 0.2) is 5.03 Å². The molecule has 6 nitrogen and oxygen atoms in total. The summed E-state index contributed by atoms with van der Waals surface area (Å²) >= 11 is 0.871. The fourth-order valence-corrected chi connectivity index (χ4v) is 1.46. The number of aliphatic carboxylic acids is 1. The minimum absolute atomic E-state index is 0.0567. The van der Waals surface area contributed by atoms with Crippen LogP contribution in [0, 0.1) is 4.91 Å². The minimum Gasteiger partial charge on any atom is -0.481 e. The van der Waals surface area contributed by atoms with Crippen molar-refractivity contribution in [1.82, 2.24) is 4.98 Å². The summed E-state index contributed by atoms with van der Waals surface area (Å²) < 4.78 is 0. The van der Waals surface area contributed by atoms with Crippen LogP contribution in [0.15, 0.2) is 23.4 Å². The lowest BCUT2D eigenvalue weighted by Gasteiger charge is -1.95. The Morgan fingerprint density at radius 1 is 1.64 bits per heavy atom. The molecule has 0 radical (unpaired) electrons. The van der Waals surface area contributed by atoms with Gasteiger partial charge in [-0.15, -0.1) is 0 Å². The smallest absolute Gasteiger partial charge is 0.348 e. The van der Waals surface area contributed by atoms with Crippen molar-refractivity contribution in [2.24, 2.45) is 0 Å². The van der Waals surface area contributed by atoms with Crippen LogP contribution < -0.4 is 0 Å². The van der Waals surface area contributed by atoms with Gasteiger partial charge in [-0.2, -0.15) is 0 Å². The van der Waals surface area contributed by atoms with Crippen LogP contribution in [0.5, 0.6) is 0 Å². The van der Waals surface area contributed by atoms with Crippen LogP contribution >= 0.6 is 11.8 Å². The molecule has 0 spiro atoms. The van der Waals surface area contributed by atoms with Crippen molar-refractivity contribution in [1.29, 1.82) is 0 Å². The Morgan fingerprint density at radius 3 is 2.93 bits per heavy atom. The molecule has 74 valence electrons. The number of hydrogen-bond donors (Lipinski definition) is 2. The molecule has 0 aliphatic heterocycles. The van der Waals surface area contributed by atoms with Gasteiger partial charge >= 0.3 is 11.7 Å². The molecule has 2 N–H and O–H groups in total. The SMILES string of the molecule is O=C(O)CSc1ncccc1[N+](=O)O. The highest BCUT2D eigenvalue weighted by Gasteiger charge is 2.19. The summed E-state index contributed by atoms with van der Waals surface area (Å²) in [6.07, 6.45) is 1.41. The highest BCUT2D eigenvalue weighted by molar-refractivity contribution is 8.00. The van der Waals surface area contributed by atoms with E-state index in [-0.39, 0.29) is 21.4 Å². The van der Waals surface area contributed by atoms with E-state index >= 15 is 0 Å². The number of rotatable bonds is 4. The third-order valence-corrected chi connectivity index (χ3v) is 2.27. The first-order chi connectivity index (χ1) is 6.61. The zero-order chi connectivity index (χ0) is 10.6. The van der Waals surface area contributed by atoms with Crippen molar-refractivity contribution in [3.63, 3.8) is 0 Å². The predicted molar refractivity (Wildman–Crippen MR) is 47.7 cm³/mol. The van der Waals surface area contributed by atoms with Gasteiger partial charge in [0.25, 0.3) is 4.92 Å². The fourth-order valence-electron chi connectivity index (χ4n) is 0.769. The van der Waals surface area contributed by atoms with Gasteiger partial charge in [-0.05, 0) is 6.07 Å². The van der Waals surface area contributed by atoms with Gasteiger partial charge in [0.2, 0.25) is 0 Å². The van der Waals surface area contributed by atoms with E-state index in [2.05, 4.69) is 4.98 Å². The van der Waals surface area contributed by atoms with Crippen molar-refractivity contribution < 1.29 is 20.0 Å². The molecule has 0 aliphatic rings. The Bertz CT molecular complexity index is 368. The van der Waals surface area contributed by atoms with E-state index in [0.29, 0.717) is 0 Å². The monoisotopic (exact) mass is 215 g/mol. The maximum absolute atomic E-state index is 10.6. The molecule has 0 fully saturated rings. The molecule has 1 aromatic heterocycles. The molecule has 7 heteroatoms. The minimum atomic E-state index is -1.01. The Hall–Kier alpha value is -1.63. The first-order valence-electron chi connectivity index (χ1n) is 3.57. The first-order valence-corrected chi connectivity index (χ1v) is 4.55. The second kappa shape index (κ2) is 4.56. The van der Waals surface area contributed by atoms with E-state index in [9.17, 15) is 9.70 Å². The van der Waals surface area contributed by atoms with Gasteiger partial charge in [-0.25, -0.2) is 10.2 Å². The molecule has 14 heavy (non-hydrogen) atoms. The number of aromatic nitrogens is 1. The highest BCUT2D eigenvalue weighted by atomic mass is 32.2. The molecule has 0 saturated carbocycles. The van der Waals surface area contributed by atoms with E-state index in [0.717, 1.165) is 11.8 Å². The number of carboxylic acids is 1. The van der Waals surface area contributed by atoms with E-state index in [1.165, 1.54) is 18.3 Å². The molecular formula is C7H7N2O4S+. The molecular weight excluding hydrogens is 208 g/mol. The summed E-state index contributed by atoms with van der Waals surface area (Å²) in [6.45, 7) is 0. The lowest BCUT2D eigenvalue weighted by atomic mass is 10.4. The van der Waals surface area contributed by atoms with Crippen molar-refractivity contribution >= 4 is 23.4 Å². The number of carbonyl (C=O) groups is 1. The second-order valence-corrected chi connectivity index (χ2v) is 3.25. The van der Waals surface area contributed by atoms with Gasteiger partial charge in [0.05, 0.1) is 10.7 Å². The predicted octanol–water partition coefficient (Wildman–Crippen LogP) is 1.06. The van der Waals surface area contributed by atoms with Gasteiger partial charge in [-0.1, -0.05) is 11.8 Å². The quantitative estimate of drug-likeness (QED) is 0.576. The molecule has 0 saturated heterocycles. The lowest BCUT2D eigenvalue weighted by Crippen LogP contribution is -2.00. The van der Waals surface area contributed by atoms with Crippen LogP contribution in [0.4, 0.5) is 5.69 Å². The van der Waals surface area contributed by atoms with Crippen LogP contribution in [0.1, 0.15) is 0 Å². The standard InChI is InChI=1S/C7H6N2O4S/c10-6(11)4-14-7-5(9(12)13)2-1-3-8-7/h1-3H,4H2,(H-,10,11,12,13)/p+1. The first kappa shape index (κ1) is 10.5. The van der Waals surface area contributed by atoms with Crippen molar-refractivity contribution in [2.75, 3.05) is 5.75 Å². The van der Waals surface area contributed by atoms with Gasteiger partial charge < -0.3 is 5.11 Å². The molecule has 0 bridgehead atoms. The van der Waals surface area contributed by atoms with Crippen LogP contribution in [-0.4, -0.2) is 31.9 Å². The topological polar surface area (TPSA) is 90.5 Å². The summed E-state index contributed by atoms with van der Waals surface area (Å²) in [6, 6.07) is 2.82. The molecule has 0 aromatic carbocycles. The Balaban J connectivity index is 2.84. The van der Waals surface area contributed by atoms with Gasteiger partial charge in [0, 0.05) is 12.3 Å². The lowest BCUT2D eigenvalue weighted by molar-refractivity contribution is -0.731. The number of carboxylic acid groups (broad SMARTS) is 1. The molecule has 1 aromatic rings. The number of pyridine rings is 1. The summed E-state index contributed by atoms with van der Waals surface area (Å²) in [4.78, 5) is 24.3. The normalized spacial score (nSPS) is 9.71. The summed E-state index contributed by atoms with van der Waals surface area (Å²) in [7, 11) is 0. The van der Waals surface area contributed by atoms with E-state index in [1.54, 1.807) is 0 Å². The van der Waals surface area contributed by atoms with Crippen molar-refractivity contribution in [3.8, 4) is 0 Å². The van der Waals surface area contributed by atoms with Gasteiger partial charge in [-0.3, -0.25) is 4.79 Å².